The molecule has 0 aliphatic heterocycles. The van der Waals surface area contributed by atoms with Gasteiger partial charge in [-0.25, -0.2) is 0 Å². The third-order valence-electron chi connectivity index (χ3n) is 6.71. The minimum Gasteiger partial charge on any atom is -0.463 e. The molecule has 3 aliphatic rings. The molecule has 1 aromatic rings. The maximum atomic E-state index is 13.7. The molecular formula is C30H40O8. The molecule has 8 nitrogen and oxygen atoms in total. The smallest absolute Gasteiger partial charge is 0.310 e. The van der Waals surface area contributed by atoms with Crippen LogP contribution in [0.25, 0.3) is 5.57 Å². The van der Waals surface area contributed by atoms with Crippen LogP contribution in [0.1, 0.15) is 61.0 Å². The van der Waals surface area contributed by atoms with E-state index in [-0.39, 0.29) is 0 Å². The van der Waals surface area contributed by atoms with Crippen molar-refractivity contribution in [2.75, 3.05) is 0 Å². The van der Waals surface area contributed by atoms with Crippen LogP contribution in [0.4, 0.5) is 0 Å². The summed E-state index contributed by atoms with van der Waals surface area (Å²) >= 11 is 0. The van der Waals surface area contributed by atoms with E-state index in [1.54, 1.807) is 55.4 Å². The van der Waals surface area contributed by atoms with E-state index in [1.807, 2.05) is 36.4 Å². The molecule has 0 saturated heterocycles. The molecule has 0 aromatic heterocycles. The van der Waals surface area contributed by atoms with Gasteiger partial charge in [-0.3, -0.25) is 19.2 Å². The van der Waals surface area contributed by atoms with Gasteiger partial charge in [0.05, 0.1) is 48.1 Å². The Balaban J connectivity index is 2.29. The van der Waals surface area contributed by atoms with Crippen molar-refractivity contribution in [2.24, 2.45) is 35.5 Å². The Labute approximate surface area is 225 Å². The molecule has 0 radical (unpaired) electrons. The molecule has 2 bridgehead atoms. The largest absolute Gasteiger partial charge is 0.463 e. The number of esters is 4. The Bertz CT molecular complexity index is 999. The van der Waals surface area contributed by atoms with Gasteiger partial charge in [0.15, 0.2) is 0 Å². The first-order valence-electron chi connectivity index (χ1n) is 13.4. The van der Waals surface area contributed by atoms with Gasteiger partial charge >= 0.3 is 23.9 Å². The molecule has 4 rings (SSSR count). The Morgan fingerprint density at radius 1 is 0.553 bits per heavy atom. The first-order valence-corrected chi connectivity index (χ1v) is 13.4. The van der Waals surface area contributed by atoms with E-state index >= 15 is 0 Å². The molecule has 0 amide bonds. The molecule has 4 unspecified atom stereocenters. The first kappa shape index (κ1) is 29.4. The van der Waals surface area contributed by atoms with E-state index in [9.17, 15) is 19.2 Å². The summed E-state index contributed by atoms with van der Waals surface area (Å²) in [6.07, 6.45) is 0.0695. The summed E-state index contributed by atoms with van der Waals surface area (Å²) in [5.74, 6) is -8.33. The number of carbonyl (C=O) groups is 4. The average molecular weight is 529 g/mol. The Morgan fingerprint density at radius 2 is 0.895 bits per heavy atom. The second-order valence-corrected chi connectivity index (χ2v) is 11.1. The van der Waals surface area contributed by atoms with Crippen LogP contribution in [0.5, 0.6) is 0 Å². The minimum atomic E-state index is -1.05. The maximum absolute atomic E-state index is 13.7. The number of ether oxygens (including phenoxy) is 4. The van der Waals surface area contributed by atoms with Crippen LogP contribution in [0.3, 0.4) is 0 Å². The van der Waals surface area contributed by atoms with Crippen LogP contribution in [-0.2, 0) is 38.1 Å². The number of hydrogen-bond acceptors (Lipinski definition) is 8. The highest BCUT2D eigenvalue weighted by molar-refractivity contribution is 5.95. The topological polar surface area (TPSA) is 105 Å². The molecule has 0 spiro atoms. The lowest BCUT2D eigenvalue weighted by Crippen LogP contribution is -2.60. The molecule has 8 heteroatoms. The molecular weight excluding hydrogens is 488 g/mol. The molecule has 0 heterocycles. The minimum absolute atomic E-state index is 0.440. The molecule has 1 saturated carbocycles. The molecule has 38 heavy (non-hydrogen) atoms. The summed E-state index contributed by atoms with van der Waals surface area (Å²) in [6, 6.07) is 9.34. The van der Waals surface area contributed by atoms with Crippen molar-refractivity contribution in [3.05, 3.63) is 42.0 Å². The normalized spacial score (nSPS) is 26.4. The van der Waals surface area contributed by atoms with Crippen LogP contribution in [0, 0.1) is 35.5 Å². The van der Waals surface area contributed by atoms with Crippen molar-refractivity contribution in [1.82, 2.24) is 0 Å². The fraction of sp³-hybridized carbons (Fsp3) is 0.600. The summed E-state index contributed by atoms with van der Waals surface area (Å²) in [7, 11) is 0. The fourth-order valence-electron chi connectivity index (χ4n) is 5.64. The zero-order valence-electron chi connectivity index (χ0n) is 23.5. The third kappa shape index (κ3) is 6.27. The molecule has 208 valence electrons. The van der Waals surface area contributed by atoms with E-state index in [0.717, 1.165) is 5.56 Å². The van der Waals surface area contributed by atoms with E-state index in [1.165, 1.54) is 0 Å². The quantitative estimate of drug-likeness (QED) is 0.338. The fourth-order valence-corrected chi connectivity index (χ4v) is 5.64. The van der Waals surface area contributed by atoms with Gasteiger partial charge in [0.25, 0.3) is 0 Å². The lowest BCUT2D eigenvalue weighted by Gasteiger charge is -2.52. The molecule has 1 aromatic carbocycles. The summed E-state index contributed by atoms with van der Waals surface area (Å²) < 4.78 is 22.5. The first-order chi connectivity index (χ1) is 17.8. The summed E-state index contributed by atoms with van der Waals surface area (Å²) in [6.45, 7) is 13.8. The number of hydrogen-bond donors (Lipinski definition) is 0. The van der Waals surface area contributed by atoms with Gasteiger partial charge in [-0.2, -0.15) is 0 Å². The van der Waals surface area contributed by atoms with Crippen LogP contribution < -0.4 is 0 Å². The number of carbonyl (C=O) groups excluding carboxylic acids is 4. The SMILES string of the molecule is CC(C)OC(=O)C1C2C=C(c3ccccc3)C(C1C(=O)OC(C)C)C(C(=O)OC(C)C)C2C(=O)OC(C)C. The molecule has 4 atom stereocenters. The summed E-state index contributed by atoms with van der Waals surface area (Å²) in [4.78, 5) is 54.5. The van der Waals surface area contributed by atoms with Gasteiger partial charge in [-0.15, -0.1) is 0 Å². The van der Waals surface area contributed by atoms with Crippen LogP contribution in [0.2, 0.25) is 0 Å². The molecule has 0 N–H and O–H groups in total. The van der Waals surface area contributed by atoms with E-state index in [4.69, 9.17) is 18.9 Å². The van der Waals surface area contributed by atoms with Crippen molar-refractivity contribution < 1.29 is 38.1 Å². The van der Waals surface area contributed by atoms with Gasteiger partial charge in [-0.05, 0) is 66.5 Å². The van der Waals surface area contributed by atoms with E-state index in [2.05, 4.69) is 0 Å². The lowest BCUT2D eigenvalue weighted by atomic mass is 9.50. The monoisotopic (exact) mass is 528 g/mol. The average Bonchev–Trinajstić information content (AvgIpc) is 2.81. The van der Waals surface area contributed by atoms with Crippen LogP contribution in [-0.4, -0.2) is 48.3 Å². The molecule has 1 fully saturated rings. The third-order valence-corrected chi connectivity index (χ3v) is 6.71. The predicted octanol–water partition coefficient (Wildman–Crippen LogP) is 4.60. The Hall–Kier alpha value is -3.16. The second-order valence-electron chi connectivity index (χ2n) is 11.1. The van der Waals surface area contributed by atoms with E-state index < -0.39 is 83.8 Å². The van der Waals surface area contributed by atoms with Crippen molar-refractivity contribution in [3.8, 4) is 0 Å². The van der Waals surface area contributed by atoms with Crippen LogP contribution in [0.15, 0.2) is 36.4 Å². The molecule has 3 aliphatic carbocycles. The van der Waals surface area contributed by atoms with Gasteiger partial charge in [-0.1, -0.05) is 36.4 Å². The zero-order chi connectivity index (χ0) is 28.3. The standard InChI is InChI=1S/C30H40O8/c1-15(2)35-27(31)23-21-14-20(19-12-10-9-11-13-19)22(25(23)29(33)37-17(5)6)26(30(34)38-18(7)8)24(21)28(32)36-16(3)4/h9-18,21-26H,1-8H3. The number of rotatable bonds is 9. The van der Waals surface area contributed by atoms with Crippen molar-refractivity contribution in [1.29, 1.82) is 0 Å². The Kier molecular flexibility index (Phi) is 9.39. The van der Waals surface area contributed by atoms with Gasteiger partial charge in [0.2, 0.25) is 0 Å². The number of allylic oxidation sites excluding steroid dienone is 2. The highest BCUT2D eigenvalue weighted by atomic mass is 16.6. The number of fused-ring (bicyclic) bond motifs is 2. The van der Waals surface area contributed by atoms with Crippen LogP contribution >= 0.6 is 0 Å². The zero-order valence-corrected chi connectivity index (χ0v) is 23.5. The van der Waals surface area contributed by atoms with Crippen molar-refractivity contribution >= 4 is 29.5 Å². The highest BCUT2D eigenvalue weighted by Crippen LogP contribution is 2.58. The van der Waals surface area contributed by atoms with Gasteiger partial charge in [0.1, 0.15) is 0 Å². The van der Waals surface area contributed by atoms with Gasteiger partial charge < -0.3 is 18.9 Å². The number of benzene rings is 1. The summed E-state index contributed by atoms with van der Waals surface area (Å²) in [5, 5.41) is 0. The van der Waals surface area contributed by atoms with Crippen molar-refractivity contribution in [3.63, 3.8) is 0 Å². The maximum Gasteiger partial charge on any atom is 0.310 e. The second kappa shape index (κ2) is 12.1. The lowest BCUT2D eigenvalue weighted by molar-refractivity contribution is -0.189. The van der Waals surface area contributed by atoms with Crippen molar-refractivity contribution in [2.45, 2.75) is 79.8 Å². The highest BCUT2D eigenvalue weighted by Gasteiger charge is 2.65. The predicted molar refractivity (Wildman–Crippen MR) is 140 cm³/mol. The summed E-state index contributed by atoms with van der Waals surface area (Å²) in [5.41, 5.74) is 1.49. The van der Waals surface area contributed by atoms with E-state index in [0.29, 0.717) is 5.57 Å². The van der Waals surface area contributed by atoms with Gasteiger partial charge in [0, 0.05) is 11.8 Å². The Morgan fingerprint density at radius 3 is 1.24 bits per heavy atom.